The van der Waals surface area contributed by atoms with Crippen LogP contribution in [0.4, 0.5) is 0 Å². The lowest BCUT2D eigenvalue weighted by molar-refractivity contribution is -0.355. The first-order valence-corrected chi connectivity index (χ1v) is 25.0. The van der Waals surface area contributed by atoms with Gasteiger partial charge >= 0.3 is 5.97 Å². The molecule has 338 valence electrons. The van der Waals surface area contributed by atoms with Crippen LogP contribution in [0.25, 0.3) is 0 Å². The molecule has 1 aromatic carbocycles. The van der Waals surface area contributed by atoms with E-state index in [9.17, 15) is 25.2 Å². The predicted octanol–water partition coefficient (Wildman–Crippen LogP) is 10.3. The molecular formula is C54H80O7. The lowest BCUT2D eigenvalue weighted by Crippen LogP contribution is -2.80. The molecule has 0 aromatic heterocycles. The molecule has 7 nitrogen and oxygen atoms in total. The third-order valence-corrected chi connectivity index (χ3v) is 22.0. The number of carboxylic acid groups (broad SMARTS) is 1. The van der Waals surface area contributed by atoms with E-state index in [0.717, 1.165) is 82.1 Å². The van der Waals surface area contributed by atoms with Gasteiger partial charge in [0.1, 0.15) is 0 Å². The second-order valence-electron chi connectivity index (χ2n) is 23.8. The van der Waals surface area contributed by atoms with Crippen molar-refractivity contribution in [2.24, 2.45) is 67.0 Å². The molecule has 7 aliphatic carbocycles. The van der Waals surface area contributed by atoms with Gasteiger partial charge in [-0.3, -0.25) is 4.79 Å². The highest BCUT2D eigenvalue weighted by Crippen LogP contribution is 2.87. The highest BCUT2D eigenvalue weighted by Gasteiger charge is 2.87. The number of aliphatic carboxylic acids is 1. The monoisotopic (exact) mass is 841 g/mol. The molecule has 9 rings (SSSR count). The van der Waals surface area contributed by atoms with Crippen molar-refractivity contribution in [3.63, 3.8) is 0 Å². The summed E-state index contributed by atoms with van der Waals surface area (Å²) < 4.78 is 12.3. The lowest BCUT2D eigenvalue weighted by Gasteiger charge is -2.81. The Hall–Kier alpha value is -1.95. The van der Waals surface area contributed by atoms with Gasteiger partial charge in [0.05, 0.1) is 30.8 Å². The Morgan fingerprint density at radius 1 is 0.836 bits per heavy atom. The number of hydrogen-bond acceptors (Lipinski definition) is 6. The van der Waals surface area contributed by atoms with Crippen molar-refractivity contribution < 1.29 is 34.7 Å². The molecule has 1 aromatic rings. The van der Waals surface area contributed by atoms with Crippen molar-refractivity contribution in [3.8, 4) is 11.8 Å². The molecule has 7 fully saturated rings. The molecule has 0 unspecified atom stereocenters. The van der Waals surface area contributed by atoms with Gasteiger partial charge < -0.3 is 29.9 Å². The summed E-state index contributed by atoms with van der Waals surface area (Å²) >= 11 is 0. The van der Waals surface area contributed by atoms with Crippen LogP contribution in [0, 0.1) is 78.8 Å². The summed E-state index contributed by atoms with van der Waals surface area (Å²) in [4.78, 5) is 13.2. The number of aliphatic hydroxyl groups is 3. The molecule has 7 heteroatoms. The van der Waals surface area contributed by atoms with E-state index >= 15 is 0 Å². The number of benzene rings is 1. The molecule has 2 spiro atoms. The van der Waals surface area contributed by atoms with Gasteiger partial charge in [-0.15, -0.1) is 5.92 Å². The van der Waals surface area contributed by atoms with Crippen molar-refractivity contribution in [2.45, 2.75) is 194 Å². The minimum Gasteiger partial charge on any atom is -0.481 e. The molecule has 1 aliphatic heterocycles. The Labute approximate surface area is 367 Å². The molecule has 8 aliphatic rings. The molecule has 1 saturated heterocycles. The number of fused-ring (bicyclic) bond motifs is 3. The molecule has 14 atom stereocenters. The molecule has 4 bridgehead atoms. The second kappa shape index (κ2) is 15.3. The highest BCUT2D eigenvalue weighted by molar-refractivity contribution is 5.74. The normalized spacial score (nSPS) is 49.1. The van der Waals surface area contributed by atoms with Gasteiger partial charge in [-0.25, -0.2) is 0 Å². The largest absolute Gasteiger partial charge is 0.481 e. The number of carbonyl (C=O) groups is 1. The zero-order valence-electron chi connectivity index (χ0n) is 38.8. The Morgan fingerprint density at radius 3 is 2.23 bits per heavy atom. The molecule has 1 heterocycles. The Balaban J connectivity index is 1.18. The van der Waals surface area contributed by atoms with Gasteiger partial charge in [0.25, 0.3) is 0 Å². The number of methoxy groups -OCH3 is 1. The fourth-order valence-corrected chi connectivity index (χ4v) is 18.2. The van der Waals surface area contributed by atoms with Crippen molar-refractivity contribution in [2.75, 3.05) is 20.3 Å². The molecule has 6 saturated carbocycles. The number of ether oxygens (including phenoxy) is 2. The van der Waals surface area contributed by atoms with Gasteiger partial charge in [0.15, 0.2) is 5.79 Å². The quantitative estimate of drug-likeness (QED) is 0.173. The average molecular weight is 841 g/mol. The third kappa shape index (κ3) is 5.95. The molecule has 4 N–H and O–H groups in total. The maximum absolute atomic E-state index is 13.2. The first-order chi connectivity index (χ1) is 29.0. The lowest BCUT2D eigenvalue weighted by atomic mass is 9.21. The Bertz CT molecular complexity index is 1880. The van der Waals surface area contributed by atoms with Crippen LogP contribution in [0.5, 0.6) is 0 Å². The van der Waals surface area contributed by atoms with E-state index in [4.69, 9.17) is 9.47 Å². The molecule has 61 heavy (non-hydrogen) atoms. The minimum atomic E-state index is -1.49. The molecule has 0 amide bonds. The summed E-state index contributed by atoms with van der Waals surface area (Å²) in [5, 5.41) is 48.9. The van der Waals surface area contributed by atoms with Crippen LogP contribution in [-0.2, 0) is 27.1 Å². The first kappa shape index (κ1) is 44.3. The smallest absolute Gasteiger partial charge is 0.309 e. The van der Waals surface area contributed by atoms with Crippen LogP contribution in [0.3, 0.4) is 0 Å². The van der Waals surface area contributed by atoms with Crippen LogP contribution in [0.2, 0.25) is 0 Å². The van der Waals surface area contributed by atoms with Gasteiger partial charge in [-0.05, 0) is 147 Å². The fourth-order valence-electron chi connectivity index (χ4n) is 18.2. The Morgan fingerprint density at radius 2 is 1.52 bits per heavy atom. The van der Waals surface area contributed by atoms with E-state index < -0.39 is 51.0 Å². The number of rotatable bonds is 10. The van der Waals surface area contributed by atoms with Gasteiger partial charge in [0, 0.05) is 42.1 Å². The topological polar surface area (TPSA) is 116 Å². The third-order valence-electron chi connectivity index (χ3n) is 22.0. The van der Waals surface area contributed by atoms with Crippen LogP contribution >= 0.6 is 0 Å². The summed E-state index contributed by atoms with van der Waals surface area (Å²) in [7, 11) is 1.73. The van der Waals surface area contributed by atoms with Crippen LogP contribution in [0.15, 0.2) is 24.3 Å². The number of aliphatic hydroxyl groups excluding tert-OH is 2. The van der Waals surface area contributed by atoms with E-state index in [1.165, 1.54) is 50.5 Å². The minimum absolute atomic E-state index is 0.0614. The van der Waals surface area contributed by atoms with Crippen LogP contribution in [-0.4, -0.2) is 64.7 Å². The SMILES string of the molecule is COCCc1ccc(C[C@@H]2O[C@@]3(O)C[C@@H](O)[C@]4(CO)[C@]2(CC[C@@]25C#CC[C@@H](CCC6CCCCC6)CC[C@@]6(CC[C@]24C)[C@@H]2C[C@](C)(C(=O)O)CC[C@@]2(C)CC[C@@]65C)[C@@H]3C)cc1. The van der Waals surface area contributed by atoms with Crippen LogP contribution < -0.4 is 0 Å². The predicted molar refractivity (Wildman–Crippen MR) is 238 cm³/mol. The number of hydrogen-bond donors (Lipinski definition) is 4. The maximum Gasteiger partial charge on any atom is 0.309 e. The highest BCUT2D eigenvalue weighted by atomic mass is 16.6. The van der Waals surface area contributed by atoms with Gasteiger partial charge in [-0.1, -0.05) is 96.4 Å². The van der Waals surface area contributed by atoms with Crippen molar-refractivity contribution in [1.29, 1.82) is 0 Å². The van der Waals surface area contributed by atoms with E-state index in [1.807, 2.05) is 6.92 Å². The van der Waals surface area contributed by atoms with Crippen molar-refractivity contribution >= 4 is 5.97 Å². The first-order valence-electron chi connectivity index (χ1n) is 25.0. The Kier molecular flexibility index (Phi) is 11.1. The number of carboxylic acids is 1. The average Bonchev–Trinajstić information content (AvgIpc) is 3.40. The second-order valence-corrected chi connectivity index (χ2v) is 23.8. The maximum atomic E-state index is 13.2. The van der Waals surface area contributed by atoms with Gasteiger partial charge in [-0.2, -0.15) is 0 Å². The van der Waals surface area contributed by atoms with E-state index in [2.05, 4.69) is 63.8 Å². The van der Waals surface area contributed by atoms with Crippen LogP contribution in [0.1, 0.15) is 174 Å². The van der Waals surface area contributed by atoms with Gasteiger partial charge in [0.2, 0.25) is 0 Å². The summed E-state index contributed by atoms with van der Waals surface area (Å²) in [6.07, 6.45) is 20.4. The zero-order chi connectivity index (χ0) is 43.3. The summed E-state index contributed by atoms with van der Waals surface area (Å²) in [5.74, 6) is 7.43. The summed E-state index contributed by atoms with van der Waals surface area (Å²) in [6.45, 7) is 12.2. The van der Waals surface area contributed by atoms with E-state index in [0.29, 0.717) is 31.8 Å². The van der Waals surface area contributed by atoms with E-state index in [-0.39, 0.29) is 41.1 Å². The van der Waals surface area contributed by atoms with Crippen molar-refractivity contribution in [1.82, 2.24) is 0 Å². The summed E-state index contributed by atoms with van der Waals surface area (Å²) in [6, 6.07) is 8.71. The zero-order valence-corrected chi connectivity index (χ0v) is 38.8. The van der Waals surface area contributed by atoms with Crippen molar-refractivity contribution in [3.05, 3.63) is 35.4 Å². The van der Waals surface area contributed by atoms with E-state index in [1.54, 1.807) is 7.11 Å². The molecule has 0 radical (unpaired) electrons. The fraction of sp³-hybridized carbons (Fsp3) is 0.833. The standard InChI is InChI=1S/C54H80O7/c1-37-52-31-30-51-22-10-13-39(15-14-38-11-8-7-9-12-38)20-23-50(42-34-47(3,45(57)58)25-24-46(42,2)26-27-48(50,51)4)29-28-49(51,5)53(52,36-55)43(56)35-54(37,59)61-44(52)33-41-18-16-40(17-19-41)21-32-60-6/h16-19,37-39,42-44,55-56,59H,7-9,11-15,20-21,23-36H2,1-6H3,(H,57,58)/t37-,39-,42+,43+,44-,46-,47+,48-,49+,50+,51+,52+,53-,54-/m0/s1. The molecular weight excluding hydrogens is 761 g/mol. The summed E-state index contributed by atoms with van der Waals surface area (Å²) in [5.41, 5.74) is -1.55.